The second kappa shape index (κ2) is 7.32. The molecule has 0 radical (unpaired) electrons. The number of carbonyl (C=O) groups is 1. The van der Waals surface area contributed by atoms with Gasteiger partial charge in [0.05, 0.1) is 0 Å². The number of aryl methyl sites for hydroxylation is 1. The molecule has 1 aliphatic heterocycles. The molecule has 1 atom stereocenters. The summed E-state index contributed by atoms with van der Waals surface area (Å²) in [5.74, 6) is 1.01. The van der Waals surface area contributed by atoms with E-state index in [2.05, 4.69) is 24.1 Å². The molecule has 2 aliphatic rings. The average Bonchev–Trinajstić information content (AvgIpc) is 3.28. The molecule has 2 fully saturated rings. The molecule has 1 unspecified atom stereocenters. The molecule has 1 saturated heterocycles. The zero-order valence-electron chi connectivity index (χ0n) is 14.8. The summed E-state index contributed by atoms with van der Waals surface area (Å²) in [7, 11) is 0. The van der Waals surface area contributed by atoms with Crippen molar-refractivity contribution in [1.82, 2.24) is 10.2 Å². The molecule has 1 N–H and O–H groups in total. The van der Waals surface area contributed by atoms with Crippen molar-refractivity contribution < 1.29 is 9.53 Å². The van der Waals surface area contributed by atoms with Gasteiger partial charge in [-0.05, 0) is 55.4 Å². The van der Waals surface area contributed by atoms with Gasteiger partial charge >= 0.3 is 0 Å². The lowest BCUT2D eigenvalue weighted by atomic mass is 10.0. The molecule has 1 saturated carbocycles. The Hall–Kier alpha value is -1.26. The summed E-state index contributed by atoms with van der Waals surface area (Å²) < 4.78 is 5.81. The van der Waals surface area contributed by atoms with Crippen LogP contribution in [0.5, 0.6) is 5.75 Å². The van der Waals surface area contributed by atoms with Crippen molar-refractivity contribution in [3.05, 3.63) is 28.3 Å². The van der Waals surface area contributed by atoms with Crippen LogP contribution in [0.2, 0.25) is 5.02 Å². The Morgan fingerprint density at radius 3 is 2.79 bits per heavy atom. The number of ether oxygens (including phenoxy) is 1. The molecular weight excluding hydrogens is 324 g/mol. The number of nitrogens with zero attached hydrogens (tertiary/aromatic N) is 1. The van der Waals surface area contributed by atoms with Gasteiger partial charge in [-0.3, -0.25) is 9.69 Å². The molecule has 3 rings (SSSR count). The average molecular weight is 351 g/mol. The Kier molecular flexibility index (Phi) is 5.36. The van der Waals surface area contributed by atoms with E-state index in [9.17, 15) is 4.79 Å². The highest BCUT2D eigenvalue weighted by Crippen LogP contribution is 2.32. The van der Waals surface area contributed by atoms with Gasteiger partial charge in [0, 0.05) is 30.2 Å². The Balaban J connectivity index is 1.53. The van der Waals surface area contributed by atoms with Crippen LogP contribution in [0.1, 0.15) is 50.2 Å². The summed E-state index contributed by atoms with van der Waals surface area (Å²) in [6.45, 7) is 8.28. The normalized spacial score (nSPS) is 21.3. The van der Waals surface area contributed by atoms with Gasteiger partial charge in [0.25, 0.3) is 5.91 Å². The Morgan fingerprint density at radius 2 is 2.12 bits per heavy atom. The molecule has 1 heterocycles. The van der Waals surface area contributed by atoms with E-state index in [0.717, 1.165) is 47.5 Å². The summed E-state index contributed by atoms with van der Waals surface area (Å²) in [5, 5.41) is 3.84. The minimum atomic E-state index is -0.0417. The van der Waals surface area contributed by atoms with Gasteiger partial charge in [-0.15, -0.1) is 0 Å². The van der Waals surface area contributed by atoms with Crippen LogP contribution < -0.4 is 10.1 Å². The van der Waals surface area contributed by atoms with Crippen LogP contribution >= 0.6 is 11.6 Å². The fourth-order valence-electron chi connectivity index (χ4n) is 3.34. The van der Waals surface area contributed by atoms with E-state index < -0.39 is 0 Å². The SMILES string of the molecule is Cc1cc(OCC(=O)NC2CCN(C3CC3)C2)c(C(C)C)cc1Cl. The Labute approximate surface area is 149 Å². The van der Waals surface area contributed by atoms with Crippen LogP contribution in [0, 0.1) is 6.92 Å². The molecule has 1 amide bonds. The summed E-state index contributed by atoms with van der Waals surface area (Å²) in [5.41, 5.74) is 2.01. The Bertz CT molecular complexity index is 614. The number of nitrogens with one attached hydrogen (secondary N) is 1. The summed E-state index contributed by atoms with van der Waals surface area (Å²) >= 11 is 6.21. The molecule has 4 nitrogen and oxygen atoms in total. The van der Waals surface area contributed by atoms with Gasteiger partial charge in [0.1, 0.15) is 5.75 Å². The summed E-state index contributed by atoms with van der Waals surface area (Å²) in [6.07, 6.45) is 3.68. The van der Waals surface area contributed by atoms with Crippen LogP contribution in [0.25, 0.3) is 0 Å². The van der Waals surface area contributed by atoms with Crippen molar-refractivity contribution in [2.24, 2.45) is 0 Å². The van der Waals surface area contributed by atoms with Crippen molar-refractivity contribution >= 4 is 17.5 Å². The maximum Gasteiger partial charge on any atom is 0.258 e. The molecule has 1 aliphatic carbocycles. The number of benzene rings is 1. The van der Waals surface area contributed by atoms with E-state index in [1.165, 1.54) is 12.8 Å². The van der Waals surface area contributed by atoms with Gasteiger partial charge in [-0.25, -0.2) is 0 Å². The molecular formula is C19H27ClN2O2. The van der Waals surface area contributed by atoms with E-state index in [4.69, 9.17) is 16.3 Å². The third kappa shape index (κ3) is 4.22. The zero-order chi connectivity index (χ0) is 17.3. The van der Waals surface area contributed by atoms with Crippen LogP contribution in [0.15, 0.2) is 12.1 Å². The first-order valence-electron chi connectivity index (χ1n) is 8.90. The monoisotopic (exact) mass is 350 g/mol. The topological polar surface area (TPSA) is 41.6 Å². The van der Waals surface area contributed by atoms with Crippen molar-refractivity contribution in [3.8, 4) is 5.75 Å². The first-order valence-corrected chi connectivity index (χ1v) is 9.28. The maximum atomic E-state index is 12.2. The smallest absolute Gasteiger partial charge is 0.258 e. The highest BCUT2D eigenvalue weighted by Gasteiger charge is 2.34. The van der Waals surface area contributed by atoms with Crippen molar-refractivity contribution in [1.29, 1.82) is 0 Å². The number of rotatable bonds is 6. The minimum Gasteiger partial charge on any atom is -0.483 e. The number of hydrogen-bond donors (Lipinski definition) is 1. The van der Waals surface area contributed by atoms with E-state index in [1.807, 2.05) is 19.1 Å². The number of hydrogen-bond acceptors (Lipinski definition) is 3. The standard InChI is InChI=1S/C19H27ClN2O2/c1-12(2)16-9-17(20)13(3)8-18(16)24-11-19(23)21-14-6-7-22(10-14)15-4-5-15/h8-9,12,14-15H,4-7,10-11H2,1-3H3,(H,21,23). The van der Waals surface area contributed by atoms with Crippen molar-refractivity contribution in [2.45, 2.75) is 58.0 Å². The van der Waals surface area contributed by atoms with Gasteiger partial charge in [0.2, 0.25) is 0 Å². The fraction of sp³-hybridized carbons (Fsp3) is 0.632. The van der Waals surface area contributed by atoms with Crippen molar-refractivity contribution in [3.63, 3.8) is 0 Å². The number of carbonyl (C=O) groups excluding carboxylic acids is 1. The molecule has 5 heteroatoms. The molecule has 0 bridgehead atoms. The van der Waals surface area contributed by atoms with Gasteiger partial charge in [0.15, 0.2) is 6.61 Å². The van der Waals surface area contributed by atoms with Crippen LogP contribution in [-0.2, 0) is 4.79 Å². The number of likely N-dealkylation sites (tertiary alicyclic amines) is 1. The Morgan fingerprint density at radius 1 is 1.38 bits per heavy atom. The van der Waals surface area contributed by atoms with Crippen LogP contribution in [-0.4, -0.2) is 42.6 Å². The zero-order valence-corrected chi connectivity index (χ0v) is 15.5. The molecule has 1 aromatic carbocycles. The molecule has 0 spiro atoms. The van der Waals surface area contributed by atoms with E-state index in [-0.39, 0.29) is 18.6 Å². The largest absolute Gasteiger partial charge is 0.483 e. The molecule has 1 aromatic rings. The first kappa shape index (κ1) is 17.6. The third-order valence-corrected chi connectivity index (χ3v) is 5.33. The predicted octanol–water partition coefficient (Wildman–Crippen LogP) is 3.50. The first-order chi connectivity index (χ1) is 11.4. The number of halogens is 1. The van der Waals surface area contributed by atoms with Gasteiger partial charge < -0.3 is 10.1 Å². The molecule has 0 aromatic heterocycles. The van der Waals surface area contributed by atoms with Gasteiger partial charge in [-0.2, -0.15) is 0 Å². The quantitative estimate of drug-likeness (QED) is 0.853. The summed E-state index contributed by atoms with van der Waals surface area (Å²) in [4.78, 5) is 14.7. The van der Waals surface area contributed by atoms with E-state index in [1.54, 1.807) is 0 Å². The fourth-order valence-corrected chi connectivity index (χ4v) is 3.51. The lowest BCUT2D eigenvalue weighted by Gasteiger charge is -2.18. The minimum absolute atomic E-state index is 0.0417. The second-order valence-corrected chi connectivity index (χ2v) is 7.77. The third-order valence-electron chi connectivity index (χ3n) is 4.92. The second-order valence-electron chi connectivity index (χ2n) is 7.36. The van der Waals surface area contributed by atoms with Crippen molar-refractivity contribution in [2.75, 3.05) is 19.7 Å². The van der Waals surface area contributed by atoms with Gasteiger partial charge in [-0.1, -0.05) is 25.4 Å². The predicted molar refractivity (Wildman–Crippen MR) is 96.9 cm³/mol. The summed E-state index contributed by atoms with van der Waals surface area (Å²) in [6, 6.07) is 4.90. The lowest BCUT2D eigenvalue weighted by molar-refractivity contribution is -0.123. The maximum absolute atomic E-state index is 12.2. The van der Waals surface area contributed by atoms with Crippen LogP contribution in [0.4, 0.5) is 0 Å². The highest BCUT2D eigenvalue weighted by molar-refractivity contribution is 6.31. The highest BCUT2D eigenvalue weighted by atomic mass is 35.5. The molecule has 132 valence electrons. The van der Waals surface area contributed by atoms with E-state index >= 15 is 0 Å². The molecule has 24 heavy (non-hydrogen) atoms. The van der Waals surface area contributed by atoms with Crippen LogP contribution in [0.3, 0.4) is 0 Å². The van der Waals surface area contributed by atoms with E-state index in [0.29, 0.717) is 5.92 Å². The number of amides is 1. The lowest BCUT2D eigenvalue weighted by Crippen LogP contribution is -2.40.